The van der Waals surface area contributed by atoms with Gasteiger partial charge in [0.05, 0.1) is 28.6 Å². The molecule has 3 aromatic heterocycles. The average Bonchev–Trinajstić information content (AvgIpc) is 3.37. The molecule has 0 aliphatic carbocycles. The number of amides is 1. The quantitative estimate of drug-likeness (QED) is 0.484. The summed E-state index contributed by atoms with van der Waals surface area (Å²) in [5.41, 5.74) is -0.678. The number of halogens is 3. The number of thiophene rings is 1. The summed E-state index contributed by atoms with van der Waals surface area (Å²) in [7, 11) is 2.92. The monoisotopic (exact) mass is 480 g/mol. The molecule has 7 nitrogen and oxygen atoms in total. The molecule has 4 aromatic rings. The van der Waals surface area contributed by atoms with E-state index in [2.05, 4.69) is 10.3 Å². The number of aromatic nitrogens is 3. The fraction of sp³-hybridized carbons (Fsp3) is 0.200. The van der Waals surface area contributed by atoms with Crippen LogP contribution in [0.5, 0.6) is 0 Å². The van der Waals surface area contributed by atoms with Crippen LogP contribution in [-0.4, -0.2) is 20.0 Å². The lowest BCUT2D eigenvalue weighted by molar-refractivity contribution is -0.137. The lowest BCUT2D eigenvalue weighted by Crippen LogP contribution is -2.36. The summed E-state index contributed by atoms with van der Waals surface area (Å²) < 4.78 is 41.1. The van der Waals surface area contributed by atoms with Crippen LogP contribution in [0.2, 0.25) is 0 Å². The molecule has 0 fully saturated rings. The van der Waals surface area contributed by atoms with Crippen LogP contribution in [0.3, 0.4) is 0 Å². The highest BCUT2D eigenvalue weighted by molar-refractivity contribution is 7.14. The molecule has 32 heavy (non-hydrogen) atoms. The summed E-state index contributed by atoms with van der Waals surface area (Å²) in [4.78, 5) is 41.8. The number of fused-ring (bicyclic) bond motifs is 1. The maximum Gasteiger partial charge on any atom is 0.416 e. The molecule has 12 heteroatoms. The second kappa shape index (κ2) is 8.02. The van der Waals surface area contributed by atoms with E-state index in [4.69, 9.17) is 0 Å². The average molecular weight is 480 g/mol. The second-order valence-corrected chi connectivity index (χ2v) is 8.79. The summed E-state index contributed by atoms with van der Waals surface area (Å²) >= 11 is 2.28. The highest BCUT2D eigenvalue weighted by Gasteiger charge is 2.30. The van der Waals surface area contributed by atoms with Gasteiger partial charge in [-0.2, -0.15) is 13.2 Å². The van der Waals surface area contributed by atoms with E-state index in [0.29, 0.717) is 21.5 Å². The van der Waals surface area contributed by atoms with Crippen LogP contribution in [0, 0.1) is 0 Å². The van der Waals surface area contributed by atoms with E-state index < -0.39 is 28.9 Å². The Kier molecular flexibility index (Phi) is 5.51. The molecule has 1 amide bonds. The van der Waals surface area contributed by atoms with Gasteiger partial charge in [0.2, 0.25) is 5.91 Å². The number of rotatable bonds is 4. The van der Waals surface area contributed by atoms with Gasteiger partial charge in [-0.05, 0) is 12.1 Å². The molecule has 4 rings (SSSR count). The van der Waals surface area contributed by atoms with Crippen molar-refractivity contribution in [1.29, 1.82) is 0 Å². The molecule has 0 spiro atoms. The largest absolute Gasteiger partial charge is 0.416 e. The third-order valence-corrected chi connectivity index (χ3v) is 6.59. The van der Waals surface area contributed by atoms with Crippen LogP contribution in [0.15, 0.2) is 44.6 Å². The molecule has 0 saturated heterocycles. The van der Waals surface area contributed by atoms with Gasteiger partial charge in [-0.15, -0.1) is 22.7 Å². The minimum Gasteiger partial charge on any atom is -0.302 e. The van der Waals surface area contributed by atoms with Crippen molar-refractivity contribution in [1.82, 2.24) is 14.1 Å². The van der Waals surface area contributed by atoms with Gasteiger partial charge in [0.1, 0.15) is 0 Å². The smallest absolute Gasteiger partial charge is 0.302 e. The number of benzene rings is 1. The van der Waals surface area contributed by atoms with E-state index in [9.17, 15) is 27.6 Å². The zero-order valence-corrected chi connectivity index (χ0v) is 18.3. The zero-order chi connectivity index (χ0) is 23.2. The lowest BCUT2D eigenvalue weighted by atomic mass is 10.1. The third-order valence-electron chi connectivity index (χ3n) is 4.86. The predicted molar refractivity (Wildman–Crippen MR) is 117 cm³/mol. The number of hydrogen-bond acceptors (Lipinski definition) is 6. The van der Waals surface area contributed by atoms with E-state index in [0.717, 1.165) is 28.0 Å². The number of carbonyl (C=O) groups excluding carboxylic acids is 1. The number of nitrogens with one attached hydrogen (secondary N) is 1. The Hall–Kier alpha value is -3.25. The molecule has 0 radical (unpaired) electrons. The minimum absolute atomic E-state index is 0.111. The molecule has 0 saturated carbocycles. The normalized spacial score (nSPS) is 11.8. The van der Waals surface area contributed by atoms with Crippen molar-refractivity contribution in [2.75, 3.05) is 5.32 Å². The molecular weight excluding hydrogens is 465 g/mol. The van der Waals surface area contributed by atoms with Crippen LogP contribution >= 0.6 is 22.7 Å². The molecule has 0 atom stereocenters. The number of nitrogens with zero attached hydrogens (tertiary/aromatic N) is 3. The van der Waals surface area contributed by atoms with Crippen molar-refractivity contribution < 1.29 is 18.0 Å². The van der Waals surface area contributed by atoms with Crippen molar-refractivity contribution in [2.45, 2.75) is 12.6 Å². The Balaban J connectivity index is 1.55. The highest BCUT2D eigenvalue weighted by Crippen LogP contribution is 2.33. The van der Waals surface area contributed by atoms with E-state index in [1.54, 1.807) is 17.8 Å². The number of anilines is 1. The predicted octanol–water partition coefficient (Wildman–Crippen LogP) is 3.62. The number of carbonyl (C=O) groups is 1. The van der Waals surface area contributed by atoms with Crippen molar-refractivity contribution in [3.05, 3.63) is 66.3 Å². The first-order chi connectivity index (χ1) is 15.1. The van der Waals surface area contributed by atoms with Gasteiger partial charge < -0.3 is 5.32 Å². The van der Waals surface area contributed by atoms with E-state index >= 15 is 0 Å². The third kappa shape index (κ3) is 3.98. The summed E-state index contributed by atoms with van der Waals surface area (Å²) in [5, 5.41) is 6.35. The number of alkyl halides is 3. The maximum absolute atomic E-state index is 12.9. The van der Waals surface area contributed by atoms with E-state index in [-0.39, 0.29) is 17.1 Å². The number of aryl methyl sites for hydroxylation is 1. The van der Waals surface area contributed by atoms with Crippen LogP contribution in [0.4, 0.5) is 18.3 Å². The van der Waals surface area contributed by atoms with Gasteiger partial charge in [0.25, 0.3) is 5.56 Å². The first-order valence-electron chi connectivity index (χ1n) is 9.15. The Bertz CT molecular complexity index is 1460. The van der Waals surface area contributed by atoms with Crippen molar-refractivity contribution in [3.63, 3.8) is 0 Å². The first kappa shape index (κ1) is 22.0. The molecule has 0 unspecified atom stereocenters. The van der Waals surface area contributed by atoms with Crippen molar-refractivity contribution in [3.8, 4) is 11.3 Å². The molecule has 0 bridgehead atoms. The molecule has 166 valence electrons. The van der Waals surface area contributed by atoms with Crippen LogP contribution in [0.25, 0.3) is 22.2 Å². The zero-order valence-electron chi connectivity index (χ0n) is 16.7. The van der Waals surface area contributed by atoms with Crippen molar-refractivity contribution in [2.24, 2.45) is 14.1 Å². The Morgan fingerprint density at radius 1 is 1.12 bits per heavy atom. The number of thiazole rings is 1. The fourth-order valence-corrected chi connectivity index (χ4v) is 4.99. The van der Waals surface area contributed by atoms with Gasteiger partial charge in [0, 0.05) is 35.3 Å². The second-order valence-electron chi connectivity index (χ2n) is 6.97. The Morgan fingerprint density at radius 2 is 1.88 bits per heavy atom. The fourth-order valence-electron chi connectivity index (χ4n) is 3.20. The number of hydrogen-bond donors (Lipinski definition) is 1. The molecule has 3 heterocycles. The van der Waals surface area contributed by atoms with E-state index in [1.165, 1.54) is 35.1 Å². The summed E-state index contributed by atoms with van der Waals surface area (Å²) in [6.07, 6.45) is -4.58. The van der Waals surface area contributed by atoms with Gasteiger partial charge in [-0.25, -0.2) is 9.78 Å². The summed E-state index contributed by atoms with van der Waals surface area (Å²) in [6.45, 7) is 0. The van der Waals surface area contributed by atoms with Crippen LogP contribution in [-0.2, 0) is 31.5 Å². The lowest BCUT2D eigenvalue weighted by Gasteiger charge is -2.07. The topological polar surface area (TPSA) is 86.0 Å². The van der Waals surface area contributed by atoms with Gasteiger partial charge in [-0.1, -0.05) is 12.1 Å². The molecular formula is C20H15F3N4O3S2. The molecule has 1 N–H and O–H groups in total. The maximum atomic E-state index is 12.9. The van der Waals surface area contributed by atoms with Crippen molar-refractivity contribution >= 4 is 44.6 Å². The van der Waals surface area contributed by atoms with Gasteiger partial charge >= 0.3 is 11.9 Å². The molecule has 1 aromatic carbocycles. The van der Waals surface area contributed by atoms with Crippen LogP contribution in [0.1, 0.15) is 10.4 Å². The first-order valence-corrected chi connectivity index (χ1v) is 10.9. The SMILES string of the molecule is Cn1c(=O)c2c(CC(=O)Nc3nc(-c4cccc(C(F)(F)F)c4)cs3)scc2n(C)c1=O. The molecule has 0 aliphatic rings. The minimum atomic E-state index is -4.47. The Morgan fingerprint density at radius 3 is 2.59 bits per heavy atom. The standard InChI is InChI=1S/C20H15F3N4O3S2/c1-26-13-9-31-14(16(13)17(29)27(2)19(26)30)7-15(28)25-18-24-12(8-32-18)10-4-3-5-11(6-10)20(21,22)23/h3-6,8-9H,7H2,1-2H3,(H,24,25,28). The highest BCUT2D eigenvalue weighted by atomic mass is 32.1. The van der Waals surface area contributed by atoms with Crippen LogP contribution < -0.4 is 16.6 Å². The summed E-state index contributed by atoms with van der Waals surface area (Å²) in [6, 6.07) is 4.78. The summed E-state index contributed by atoms with van der Waals surface area (Å²) in [5.74, 6) is -0.436. The molecule has 0 aliphatic heterocycles. The van der Waals surface area contributed by atoms with E-state index in [1.807, 2.05) is 0 Å². The Labute approximate surface area is 186 Å². The van der Waals surface area contributed by atoms with Gasteiger partial charge in [0.15, 0.2) is 5.13 Å². The van der Waals surface area contributed by atoms with Gasteiger partial charge in [-0.3, -0.25) is 18.7 Å².